The Morgan fingerprint density at radius 3 is 3.13 bits per heavy atom. The second-order valence-corrected chi connectivity index (χ2v) is 6.02. The molecule has 1 fully saturated rings. The average molecular weight is 316 g/mol. The van der Waals surface area contributed by atoms with Crippen LogP contribution in [0.15, 0.2) is 30.9 Å². The lowest BCUT2D eigenvalue weighted by atomic mass is 10.0. The molecule has 6 nitrogen and oxygen atoms in total. The van der Waals surface area contributed by atoms with Crippen molar-refractivity contribution >= 4 is 5.91 Å². The van der Waals surface area contributed by atoms with Gasteiger partial charge >= 0.3 is 0 Å². The number of hydrogen-bond acceptors (Lipinski definition) is 4. The Morgan fingerprint density at radius 1 is 1.39 bits per heavy atom. The third kappa shape index (κ3) is 2.67. The molecule has 4 rings (SSSR count). The predicted octanol–water partition coefficient (Wildman–Crippen LogP) is 1.58. The Bertz CT molecular complexity index is 719. The van der Waals surface area contributed by atoms with E-state index >= 15 is 0 Å². The molecule has 1 saturated heterocycles. The third-order valence-corrected chi connectivity index (χ3v) is 4.49. The Balaban J connectivity index is 1.45. The zero-order chi connectivity index (χ0) is 15.8. The van der Waals surface area contributed by atoms with Gasteiger partial charge in [-0.15, -0.1) is 0 Å². The number of halogens is 1. The van der Waals surface area contributed by atoms with Gasteiger partial charge < -0.3 is 9.64 Å². The van der Waals surface area contributed by atoms with Crippen LogP contribution in [0.3, 0.4) is 0 Å². The first kappa shape index (κ1) is 14.2. The molecule has 2 aromatic rings. The van der Waals surface area contributed by atoms with Crippen molar-refractivity contribution in [3.8, 4) is 5.75 Å². The molecule has 0 bridgehead atoms. The molecule has 0 radical (unpaired) electrons. The first-order valence-electron chi connectivity index (χ1n) is 7.78. The lowest BCUT2D eigenvalue weighted by Crippen LogP contribution is -2.46. The van der Waals surface area contributed by atoms with E-state index in [4.69, 9.17) is 4.74 Å². The van der Waals surface area contributed by atoms with Gasteiger partial charge in [-0.3, -0.25) is 4.79 Å². The molecule has 2 aliphatic rings. The summed E-state index contributed by atoms with van der Waals surface area (Å²) in [6.07, 6.45) is 4.96. The molecule has 1 amide bonds. The summed E-state index contributed by atoms with van der Waals surface area (Å²) in [7, 11) is 0. The standard InChI is InChI=1S/C16H17FN4O2/c17-12-3-4-14-11(6-12)7-15(23-14)16(22)20-5-1-2-13(8-20)21-10-18-9-19-21/h3-4,6,9-10,13,15H,1-2,5,7-8H2. The number of nitrogens with zero attached hydrogens (tertiary/aromatic N) is 4. The number of carbonyl (C=O) groups excluding carboxylic acids is 1. The second-order valence-electron chi connectivity index (χ2n) is 6.02. The molecule has 1 aromatic heterocycles. The molecule has 2 atom stereocenters. The molecule has 120 valence electrons. The second kappa shape index (κ2) is 5.64. The first-order chi connectivity index (χ1) is 11.2. The van der Waals surface area contributed by atoms with E-state index in [1.807, 2.05) is 4.90 Å². The number of ether oxygens (including phenoxy) is 1. The minimum absolute atomic E-state index is 0.0357. The van der Waals surface area contributed by atoms with Gasteiger partial charge in [-0.25, -0.2) is 14.1 Å². The van der Waals surface area contributed by atoms with Gasteiger partial charge in [-0.2, -0.15) is 5.10 Å². The van der Waals surface area contributed by atoms with E-state index in [-0.39, 0.29) is 17.8 Å². The summed E-state index contributed by atoms with van der Waals surface area (Å²) in [5.41, 5.74) is 0.758. The minimum Gasteiger partial charge on any atom is -0.480 e. The Kier molecular flexibility index (Phi) is 3.48. The first-order valence-corrected chi connectivity index (χ1v) is 7.78. The fourth-order valence-corrected chi connectivity index (χ4v) is 3.34. The van der Waals surface area contributed by atoms with Crippen LogP contribution in [0.25, 0.3) is 0 Å². The summed E-state index contributed by atoms with van der Waals surface area (Å²) in [5.74, 6) is 0.269. The number of piperidine rings is 1. The van der Waals surface area contributed by atoms with Crippen molar-refractivity contribution in [1.82, 2.24) is 19.7 Å². The summed E-state index contributed by atoms with van der Waals surface area (Å²) in [6.45, 7) is 1.32. The zero-order valence-electron chi connectivity index (χ0n) is 12.6. The molecule has 2 unspecified atom stereocenters. The Labute approximate surface area is 132 Å². The molecular formula is C16H17FN4O2. The number of amides is 1. The van der Waals surface area contributed by atoms with Gasteiger partial charge in [0, 0.05) is 25.1 Å². The van der Waals surface area contributed by atoms with Crippen molar-refractivity contribution in [2.75, 3.05) is 13.1 Å². The fraction of sp³-hybridized carbons (Fsp3) is 0.438. The lowest BCUT2D eigenvalue weighted by molar-refractivity contribution is -0.139. The van der Waals surface area contributed by atoms with Crippen LogP contribution >= 0.6 is 0 Å². The maximum atomic E-state index is 13.3. The summed E-state index contributed by atoms with van der Waals surface area (Å²) in [6, 6.07) is 4.54. The smallest absolute Gasteiger partial charge is 0.264 e. The molecular weight excluding hydrogens is 299 g/mol. The van der Waals surface area contributed by atoms with E-state index in [9.17, 15) is 9.18 Å². The topological polar surface area (TPSA) is 60.2 Å². The van der Waals surface area contributed by atoms with Gasteiger partial charge in [0.25, 0.3) is 5.91 Å². The van der Waals surface area contributed by atoms with Crippen LogP contribution < -0.4 is 4.74 Å². The van der Waals surface area contributed by atoms with Crippen LogP contribution in [-0.4, -0.2) is 44.8 Å². The van der Waals surface area contributed by atoms with E-state index in [1.54, 1.807) is 17.1 Å². The maximum absolute atomic E-state index is 13.3. The van der Waals surface area contributed by atoms with Gasteiger partial charge in [0.2, 0.25) is 0 Å². The van der Waals surface area contributed by atoms with Gasteiger partial charge in [0.15, 0.2) is 6.10 Å². The molecule has 7 heteroatoms. The van der Waals surface area contributed by atoms with Crippen molar-refractivity contribution in [2.24, 2.45) is 0 Å². The Hall–Kier alpha value is -2.44. The van der Waals surface area contributed by atoms with Gasteiger partial charge in [0.1, 0.15) is 24.2 Å². The summed E-state index contributed by atoms with van der Waals surface area (Å²) in [5, 5.41) is 4.17. The molecule has 23 heavy (non-hydrogen) atoms. The maximum Gasteiger partial charge on any atom is 0.264 e. The molecule has 3 heterocycles. The monoisotopic (exact) mass is 316 g/mol. The Morgan fingerprint density at radius 2 is 2.30 bits per heavy atom. The highest BCUT2D eigenvalue weighted by atomic mass is 19.1. The zero-order valence-corrected chi connectivity index (χ0v) is 12.6. The highest BCUT2D eigenvalue weighted by Crippen LogP contribution is 2.31. The van der Waals surface area contributed by atoms with Crippen LogP contribution in [0, 0.1) is 5.82 Å². The van der Waals surface area contributed by atoms with E-state index in [0.717, 1.165) is 18.4 Å². The normalized spacial score (nSPS) is 23.4. The van der Waals surface area contributed by atoms with Crippen molar-refractivity contribution < 1.29 is 13.9 Å². The highest BCUT2D eigenvalue weighted by Gasteiger charge is 2.35. The molecule has 0 aliphatic carbocycles. The van der Waals surface area contributed by atoms with E-state index < -0.39 is 6.10 Å². The van der Waals surface area contributed by atoms with E-state index in [0.29, 0.717) is 25.3 Å². The summed E-state index contributed by atoms with van der Waals surface area (Å²) < 4.78 is 20.8. The number of hydrogen-bond donors (Lipinski definition) is 0. The van der Waals surface area contributed by atoms with Crippen molar-refractivity contribution in [3.05, 3.63) is 42.2 Å². The van der Waals surface area contributed by atoms with E-state index in [2.05, 4.69) is 10.1 Å². The van der Waals surface area contributed by atoms with Gasteiger partial charge in [-0.05, 0) is 31.0 Å². The van der Waals surface area contributed by atoms with Crippen LogP contribution in [0.5, 0.6) is 5.75 Å². The quantitative estimate of drug-likeness (QED) is 0.844. The SMILES string of the molecule is O=C(C1Cc2cc(F)ccc2O1)N1CCCC(n2cncn2)C1. The molecule has 1 aromatic carbocycles. The number of aromatic nitrogens is 3. The molecule has 0 saturated carbocycles. The predicted molar refractivity (Wildman–Crippen MR) is 79.4 cm³/mol. The van der Waals surface area contributed by atoms with Crippen molar-refractivity contribution in [2.45, 2.75) is 31.4 Å². The molecule has 0 spiro atoms. The number of rotatable bonds is 2. The van der Waals surface area contributed by atoms with Crippen molar-refractivity contribution in [1.29, 1.82) is 0 Å². The third-order valence-electron chi connectivity index (χ3n) is 4.49. The number of benzene rings is 1. The van der Waals surface area contributed by atoms with Crippen LogP contribution in [0.4, 0.5) is 4.39 Å². The average Bonchev–Trinajstić information content (AvgIpc) is 3.23. The molecule has 0 N–H and O–H groups in total. The number of carbonyl (C=O) groups is 1. The number of fused-ring (bicyclic) bond motifs is 1. The van der Waals surface area contributed by atoms with Gasteiger partial charge in [-0.1, -0.05) is 0 Å². The van der Waals surface area contributed by atoms with Gasteiger partial charge in [0.05, 0.1) is 6.04 Å². The van der Waals surface area contributed by atoms with E-state index in [1.165, 1.54) is 18.5 Å². The largest absolute Gasteiger partial charge is 0.480 e. The van der Waals surface area contributed by atoms with Crippen LogP contribution in [-0.2, 0) is 11.2 Å². The summed E-state index contributed by atoms with van der Waals surface area (Å²) in [4.78, 5) is 18.5. The summed E-state index contributed by atoms with van der Waals surface area (Å²) >= 11 is 0. The van der Waals surface area contributed by atoms with Crippen LogP contribution in [0.1, 0.15) is 24.4 Å². The van der Waals surface area contributed by atoms with Crippen LogP contribution in [0.2, 0.25) is 0 Å². The minimum atomic E-state index is -0.554. The molecule has 2 aliphatic heterocycles. The fourth-order valence-electron chi connectivity index (χ4n) is 3.34. The number of likely N-dealkylation sites (tertiary alicyclic amines) is 1. The highest BCUT2D eigenvalue weighted by molar-refractivity contribution is 5.82. The lowest BCUT2D eigenvalue weighted by Gasteiger charge is -2.33. The van der Waals surface area contributed by atoms with Crippen molar-refractivity contribution in [3.63, 3.8) is 0 Å².